The lowest BCUT2D eigenvalue weighted by atomic mass is 10.0. The van der Waals surface area contributed by atoms with Gasteiger partial charge >= 0.3 is 6.09 Å². The third-order valence-electron chi connectivity index (χ3n) is 2.81. The Balaban J connectivity index is 2.58. The van der Waals surface area contributed by atoms with Crippen LogP contribution < -0.4 is 5.32 Å². The minimum absolute atomic E-state index is 0.0768. The van der Waals surface area contributed by atoms with E-state index >= 15 is 0 Å². The summed E-state index contributed by atoms with van der Waals surface area (Å²) in [5.41, 5.74) is -1.38. The van der Waals surface area contributed by atoms with Crippen molar-refractivity contribution in [2.24, 2.45) is 0 Å². The van der Waals surface area contributed by atoms with Crippen molar-refractivity contribution in [2.75, 3.05) is 6.54 Å². The largest absolute Gasteiger partial charge is 0.444 e. The van der Waals surface area contributed by atoms with E-state index in [1.807, 2.05) is 0 Å². The summed E-state index contributed by atoms with van der Waals surface area (Å²) in [6, 6.07) is 0.940. The lowest BCUT2D eigenvalue weighted by molar-refractivity contribution is 0.00985. The van der Waals surface area contributed by atoms with E-state index in [1.165, 1.54) is 0 Å². The third-order valence-corrected chi connectivity index (χ3v) is 2.81. The summed E-state index contributed by atoms with van der Waals surface area (Å²) in [5, 5.41) is 21.9. The molecule has 0 heterocycles. The zero-order valence-electron chi connectivity index (χ0n) is 13.1. The summed E-state index contributed by atoms with van der Waals surface area (Å²) < 4.78 is 44.7. The fraction of sp³-hybridized carbons (Fsp3) is 0.533. The number of amides is 1. The molecular formula is C15H20F3NO4. The van der Waals surface area contributed by atoms with Gasteiger partial charge in [-0.1, -0.05) is 0 Å². The molecule has 0 aromatic heterocycles. The lowest BCUT2D eigenvalue weighted by Crippen LogP contribution is -2.34. The number of nitrogens with one attached hydrogen (secondary N) is 1. The molecule has 0 aliphatic carbocycles. The van der Waals surface area contributed by atoms with Gasteiger partial charge in [-0.2, -0.15) is 0 Å². The Labute approximate surface area is 132 Å². The van der Waals surface area contributed by atoms with Crippen molar-refractivity contribution in [1.82, 2.24) is 5.32 Å². The van der Waals surface area contributed by atoms with Gasteiger partial charge in [-0.15, -0.1) is 0 Å². The second kappa shape index (κ2) is 7.65. The average Bonchev–Trinajstić information content (AvgIpc) is 2.39. The van der Waals surface area contributed by atoms with Crippen molar-refractivity contribution in [2.45, 2.75) is 45.0 Å². The van der Waals surface area contributed by atoms with Crippen LogP contribution in [0.5, 0.6) is 0 Å². The third kappa shape index (κ3) is 6.07. The highest BCUT2D eigenvalue weighted by Crippen LogP contribution is 2.24. The van der Waals surface area contributed by atoms with E-state index in [9.17, 15) is 28.2 Å². The quantitative estimate of drug-likeness (QED) is 0.722. The van der Waals surface area contributed by atoms with Crippen LogP contribution in [0.1, 0.15) is 38.9 Å². The molecule has 2 unspecified atom stereocenters. The number of rotatable bonds is 5. The van der Waals surface area contributed by atoms with Crippen molar-refractivity contribution in [3.8, 4) is 0 Å². The van der Waals surface area contributed by atoms with E-state index in [2.05, 4.69) is 5.32 Å². The number of carbonyl (C=O) groups excluding carboxylic acids is 1. The Morgan fingerprint density at radius 2 is 1.87 bits per heavy atom. The number of aliphatic hydroxyl groups is 2. The van der Waals surface area contributed by atoms with Crippen molar-refractivity contribution in [1.29, 1.82) is 0 Å². The SMILES string of the molecule is CC(C)(C)OC(=O)NCCC(O)C(O)c1cc(F)cc(F)c1F. The second-order valence-electron chi connectivity index (χ2n) is 6.02. The molecule has 5 nitrogen and oxygen atoms in total. The first-order chi connectivity index (χ1) is 10.5. The number of carbonyl (C=O) groups is 1. The molecule has 0 radical (unpaired) electrons. The van der Waals surface area contributed by atoms with Gasteiger partial charge in [0.15, 0.2) is 11.6 Å². The predicted molar refractivity (Wildman–Crippen MR) is 76.1 cm³/mol. The van der Waals surface area contributed by atoms with Crippen molar-refractivity contribution < 1.29 is 32.9 Å². The van der Waals surface area contributed by atoms with Gasteiger partial charge < -0.3 is 20.3 Å². The first kappa shape index (κ1) is 19.2. The second-order valence-corrected chi connectivity index (χ2v) is 6.02. The highest BCUT2D eigenvalue weighted by molar-refractivity contribution is 5.67. The molecule has 0 aliphatic rings. The van der Waals surface area contributed by atoms with E-state index in [0.29, 0.717) is 12.1 Å². The van der Waals surface area contributed by atoms with E-state index in [4.69, 9.17) is 4.74 Å². The molecule has 1 aromatic carbocycles. The van der Waals surface area contributed by atoms with Crippen LogP contribution >= 0.6 is 0 Å². The van der Waals surface area contributed by atoms with Crippen LogP contribution in [0.4, 0.5) is 18.0 Å². The number of benzene rings is 1. The number of halogens is 3. The van der Waals surface area contributed by atoms with Gasteiger partial charge in [-0.05, 0) is 33.3 Å². The molecule has 3 N–H and O–H groups in total. The molecule has 130 valence electrons. The molecular weight excluding hydrogens is 315 g/mol. The maximum absolute atomic E-state index is 13.5. The molecule has 1 amide bonds. The highest BCUT2D eigenvalue weighted by Gasteiger charge is 2.25. The average molecular weight is 335 g/mol. The predicted octanol–water partition coefficient (Wildman–Crippen LogP) is 2.41. The Kier molecular flexibility index (Phi) is 6.40. The fourth-order valence-corrected chi connectivity index (χ4v) is 1.79. The molecule has 0 bridgehead atoms. The molecule has 1 aromatic rings. The number of hydrogen-bond donors (Lipinski definition) is 3. The normalized spacial score (nSPS) is 14.3. The topological polar surface area (TPSA) is 78.8 Å². The summed E-state index contributed by atoms with van der Waals surface area (Å²) >= 11 is 0. The standard InChI is InChI=1S/C15H20F3NO4/c1-15(2,3)23-14(22)19-5-4-11(20)13(21)9-6-8(16)7-10(17)12(9)18/h6-7,11,13,20-21H,4-5H2,1-3H3,(H,19,22). The van der Waals surface area contributed by atoms with Gasteiger partial charge in [0, 0.05) is 18.2 Å². The van der Waals surface area contributed by atoms with E-state index in [-0.39, 0.29) is 13.0 Å². The Morgan fingerprint density at radius 1 is 1.26 bits per heavy atom. The molecule has 0 fully saturated rings. The zero-order chi connectivity index (χ0) is 17.8. The van der Waals surface area contributed by atoms with Crippen LogP contribution in [0.25, 0.3) is 0 Å². The minimum Gasteiger partial charge on any atom is -0.444 e. The van der Waals surface area contributed by atoms with Gasteiger partial charge in [0.25, 0.3) is 0 Å². The van der Waals surface area contributed by atoms with Crippen molar-refractivity contribution >= 4 is 6.09 Å². The summed E-state index contributed by atoms with van der Waals surface area (Å²) in [5.74, 6) is -3.96. The number of alkyl carbamates (subject to hydrolysis) is 1. The van der Waals surface area contributed by atoms with E-state index in [1.54, 1.807) is 20.8 Å². The molecule has 1 rings (SSSR count). The molecule has 0 saturated carbocycles. The van der Waals surface area contributed by atoms with Crippen LogP contribution in [0.15, 0.2) is 12.1 Å². The van der Waals surface area contributed by atoms with Gasteiger partial charge in [-0.3, -0.25) is 0 Å². The summed E-state index contributed by atoms with van der Waals surface area (Å²) in [4.78, 5) is 11.4. The lowest BCUT2D eigenvalue weighted by Gasteiger charge is -2.21. The Bertz CT molecular complexity index is 560. The minimum atomic E-state index is -1.83. The molecule has 0 saturated heterocycles. The van der Waals surface area contributed by atoms with Crippen LogP contribution in [0, 0.1) is 17.5 Å². The van der Waals surface area contributed by atoms with Gasteiger partial charge in [0.1, 0.15) is 17.5 Å². The summed E-state index contributed by atoms with van der Waals surface area (Å²) in [7, 11) is 0. The Hall–Kier alpha value is -1.80. The van der Waals surface area contributed by atoms with Crippen molar-refractivity contribution in [3.05, 3.63) is 35.1 Å². The molecule has 8 heteroatoms. The highest BCUT2D eigenvalue weighted by atomic mass is 19.2. The number of hydrogen-bond acceptors (Lipinski definition) is 4. The van der Waals surface area contributed by atoms with Crippen molar-refractivity contribution in [3.63, 3.8) is 0 Å². The van der Waals surface area contributed by atoms with Gasteiger partial charge in [0.2, 0.25) is 0 Å². The Morgan fingerprint density at radius 3 is 2.43 bits per heavy atom. The van der Waals surface area contributed by atoms with E-state index < -0.39 is 46.9 Å². The molecule has 23 heavy (non-hydrogen) atoms. The monoisotopic (exact) mass is 335 g/mol. The first-order valence-corrected chi connectivity index (χ1v) is 6.98. The van der Waals surface area contributed by atoms with Gasteiger partial charge in [-0.25, -0.2) is 18.0 Å². The smallest absolute Gasteiger partial charge is 0.407 e. The fourth-order valence-electron chi connectivity index (χ4n) is 1.79. The molecule has 2 atom stereocenters. The number of aliphatic hydroxyl groups excluding tert-OH is 2. The molecule has 0 spiro atoms. The zero-order valence-corrected chi connectivity index (χ0v) is 13.1. The maximum Gasteiger partial charge on any atom is 0.407 e. The molecule has 0 aliphatic heterocycles. The van der Waals surface area contributed by atoms with Crippen LogP contribution in [-0.4, -0.2) is 34.6 Å². The maximum atomic E-state index is 13.5. The van der Waals surface area contributed by atoms with Crippen LogP contribution in [0.3, 0.4) is 0 Å². The summed E-state index contributed by atoms with van der Waals surface area (Å²) in [6.45, 7) is 4.94. The van der Waals surface area contributed by atoms with Crippen LogP contribution in [-0.2, 0) is 4.74 Å². The first-order valence-electron chi connectivity index (χ1n) is 6.98. The summed E-state index contributed by atoms with van der Waals surface area (Å²) in [6.07, 6.45) is -4.25. The van der Waals surface area contributed by atoms with Crippen LogP contribution in [0.2, 0.25) is 0 Å². The van der Waals surface area contributed by atoms with E-state index in [0.717, 1.165) is 0 Å². The number of ether oxygens (including phenoxy) is 1. The van der Waals surface area contributed by atoms with Gasteiger partial charge in [0.05, 0.1) is 6.10 Å².